The summed E-state index contributed by atoms with van der Waals surface area (Å²) in [5.41, 5.74) is 0.860. The van der Waals surface area contributed by atoms with Crippen LogP contribution in [0.15, 0.2) is 44.7 Å². The Morgan fingerprint density at radius 3 is 2.47 bits per heavy atom. The van der Waals surface area contributed by atoms with Gasteiger partial charge in [0.1, 0.15) is 0 Å². The van der Waals surface area contributed by atoms with E-state index in [1.807, 2.05) is 35.7 Å². The molecule has 0 saturated heterocycles. The smallest absolute Gasteiger partial charge is 0.333 e. The van der Waals surface area contributed by atoms with Crippen molar-refractivity contribution in [2.75, 3.05) is 12.4 Å². The molecule has 1 aromatic carbocycles. The molecule has 6 heteroatoms. The van der Waals surface area contributed by atoms with Gasteiger partial charge < -0.3 is 10.1 Å². The molecule has 1 heterocycles. The molecule has 100 valence electrons. The number of halogens is 2. The van der Waals surface area contributed by atoms with E-state index in [1.54, 1.807) is 0 Å². The van der Waals surface area contributed by atoms with E-state index < -0.39 is 6.04 Å². The van der Waals surface area contributed by atoms with Crippen LogP contribution in [-0.4, -0.2) is 13.1 Å². The zero-order chi connectivity index (χ0) is 13.8. The predicted octanol–water partition coefficient (Wildman–Crippen LogP) is 4.60. The molecule has 0 radical (unpaired) electrons. The molecular weight excluding hydrogens is 394 g/mol. The molecule has 0 saturated carbocycles. The number of nitrogens with one attached hydrogen (secondary N) is 1. The number of carbonyl (C=O) groups excluding carboxylic acids is 1. The third-order valence-electron chi connectivity index (χ3n) is 2.50. The molecule has 0 aliphatic heterocycles. The predicted molar refractivity (Wildman–Crippen MR) is 84.5 cm³/mol. The highest BCUT2D eigenvalue weighted by Gasteiger charge is 2.24. The molecule has 0 aliphatic carbocycles. The van der Waals surface area contributed by atoms with Gasteiger partial charge >= 0.3 is 5.97 Å². The van der Waals surface area contributed by atoms with Gasteiger partial charge in [-0.15, -0.1) is 11.3 Å². The number of ether oxygens (including phenoxy) is 1. The van der Waals surface area contributed by atoms with Gasteiger partial charge in [0.2, 0.25) is 0 Å². The summed E-state index contributed by atoms with van der Waals surface area (Å²) < 4.78 is 6.75. The highest BCUT2D eigenvalue weighted by Crippen LogP contribution is 2.32. The van der Waals surface area contributed by atoms with Crippen LogP contribution < -0.4 is 5.32 Å². The summed E-state index contributed by atoms with van der Waals surface area (Å²) in [5, 5.41) is 5.11. The highest BCUT2D eigenvalue weighted by molar-refractivity contribution is 9.10. The number of rotatable bonds is 4. The Hall–Kier alpha value is -0.850. The number of anilines is 1. The average Bonchev–Trinajstić information content (AvgIpc) is 2.83. The lowest BCUT2D eigenvalue weighted by Gasteiger charge is -2.17. The van der Waals surface area contributed by atoms with Crippen LogP contribution in [0.1, 0.15) is 10.9 Å². The van der Waals surface area contributed by atoms with Gasteiger partial charge in [-0.2, -0.15) is 0 Å². The third-order valence-corrected chi connectivity index (χ3v) is 4.96. The third kappa shape index (κ3) is 3.58. The molecule has 19 heavy (non-hydrogen) atoms. The molecule has 0 spiro atoms. The van der Waals surface area contributed by atoms with Crippen LogP contribution >= 0.6 is 43.2 Å². The van der Waals surface area contributed by atoms with Crippen molar-refractivity contribution in [3.63, 3.8) is 0 Å². The van der Waals surface area contributed by atoms with Crippen molar-refractivity contribution in [1.82, 2.24) is 0 Å². The van der Waals surface area contributed by atoms with E-state index in [4.69, 9.17) is 4.74 Å². The van der Waals surface area contributed by atoms with Gasteiger partial charge in [0.05, 0.1) is 12.0 Å². The fourth-order valence-electron chi connectivity index (χ4n) is 1.57. The number of carbonyl (C=O) groups is 1. The quantitative estimate of drug-likeness (QED) is 0.756. The summed E-state index contributed by atoms with van der Waals surface area (Å²) in [6.45, 7) is 0. The summed E-state index contributed by atoms with van der Waals surface area (Å²) in [5.74, 6) is -0.314. The number of esters is 1. The van der Waals surface area contributed by atoms with Crippen molar-refractivity contribution in [3.05, 3.63) is 49.5 Å². The van der Waals surface area contributed by atoms with Crippen molar-refractivity contribution in [1.29, 1.82) is 0 Å². The van der Waals surface area contributed by atoms with Crippen LogP contribution in [0.3, 0.4) is 0 Å². The summed E-state index contributed by atoms with van der Waals surface area (Å²) in [6.07, 6.45) is 0. The minimum atomic E-state index is -0.513. The van der Waals surface area contributed by atoms with Crippen molar-refractivity contribution in [2.24, 2.45) is 0 Å². The second kappa shape index (κ2) is 6.54. The number of benzene rings is 1. The molecule has 2 rings (SSSR count). The lowest BCUT2D eigenvalue weighted by molar-refractivity contribution is -0.141. The van der Waals surface area contributed by atoms with Gasteiger partial charge in [-0.05, 0) is 51.6 Å². The largest absolute Gasteiger partial charge is 0.467 e. The molecule has 0 amide bonds. The Balaban J connectivity index is 2.27. The number of hydrogen-bond donors (Lipinski definition) is 1. The molecular formula is C13H11Br2NO2S. The summed E-state index contributed by atoms with van der Waals surface area (Å²) in [4.78, 5) is 12.8. The van der Waals surface area contributed by atoms with Gasteiger partial charge in [0.15, 0.2) is 6.04 Å². The Morgan fingerprint density at radius 2 is 1.95 bits per heavy atom. The summed E-state index contributed by atoms with van der Waals surface area (Å²) in [7, 11) is 1.39. The minimum Gasteiger partial charge on any atom is -0.467 e. The maximum absolute atomic E-state index is 11.9. The van der Waals surface area contributed by atoms with E-state index in [0.29, 0.717) is 0 Å². The first-order chi connectivity index (χ1) is 9.11. The van der Waals surface area contributed by atoms with Gasteiger partial charge in [-0.1, -0.05) is 15.9 Å². The maximum Gasteiger partial charge on any atom is 0.333 e. The fraction of sp³-hybridized carbons (Fsp3) is 0.154. The normalized spacial score (nSPS) is 11.9. The molecule has 1 atom stereocenters. The molecule has 0 bridgehead atoms. The zero-order valence-electron chi connectivity index (χ0n) is 10.0. The monoisotopic (exact) mass is 403 g/mol. The minimum absolute atomic E-state index is 0.314. The van der Waals surface area contributed by atoms with Crippen LogP contribution in [0.4, 0.5) is 5.69 Å². The van der Waals surface area contributed by atoms with E-state index in [-0.39, 0.29) is 5.97 Å². The van der Waals surface area contributed by atoms with Crippen molar-refractivity contribution in [2.45, 2.75) is 6.04 Å². The average molecular weight is 405 g/mol. The Morgan fingerprint density at radius 1 is 1.26 bits per heavy atom. The standard InChI is InChI=1S/C13H11Br2NO2S/c1-18-13(17)11(12-10(15)6-7-19-12)16-9-4-2-8(14)3-5-9/h2-7,11,16H,1H3. The van der Waals surface area contributed by atoms with Crippen LogP contribution in [0, 0.1) is 0 Å². The van der Waals surface area contributed by atoms with Crippen LogP contribution in [0.25, 0.3) is 0 Å². The summed E-state index contributed by atoms with van der Waals surface area (Å²) in [6, 6.07) is 9.04. The van der Waals surface area contributed by atoms with Crippen molar-refractivity contribution in [3.8, 4) is 0 Å². The molecule has 1 N–H and O–H groups in total. The first kappa shape index (κ1) is 14.6. The molecule has 1 unspecified atom stereocenters. The van der Waals surface area contributed by atoms with Gasteiger partial charge in [-0.3, -0.25) is 0 Å². The first-order valence-electron chi connectivity index (χ1n) is 5.44. The highest BCUT2D eigenvalue weighted by atomic mass is 79.9. The van der Waals surface area contributed by atoms with E-state index in [1.165, 1.54) is 18.4 Å². The van der Waals surface area contributed by atoms with Crippen LogP contribution in [0.2, 0.25) is 0 Å². The molecule has 2 aromatic rings. The lowest BCUT2D eigenvalue weighted by atomic mass is 10.2. The van der Waals surface area contributed by atoms with E-state index in [0.717, 1.165) is 19.5 Å². The molecule has 0 fully saturated rings. The Kier molecular flexibility index (Phi) is 5.01. The Labute approximate surface area is 132 Å². The number of thiophene rings is 1. The first-order valence-corrected chi connectivity index (χ1v) is 7.91. The van der Waals surface area contributed by atoms with Crippen LogP contribution in [-0.2, 0) is 9.53 Å². The fourth-order valence-corrected chi connectivity index (χ4v) is 3.48. The van der Waals surface area contributed by atoms with E-state index >= 15 is 0 Å². The van der Waals surface area contributed by atoms with E-state index in [2.05, 4.69) is 37.2 Å². The van der Waals surface area contributed by atoms with Crippen molar-refractivity contribution < 1.29 is 9.53 Å². The van der Waals surface area contributed by atoms with Crippen LogP contribution in [0.5, 0.6) is 0 Å². The molecule has 3 nitrogen and oxygen atoms in total. The summed E-state index contributed by atoms with van der Waals surface area (Å²) >= 11 is 8.33. The van der Waals surface area contributed by atoms with E-state index in [9.17, 15) is 4.79 Å². The molecule has 0 aliphatic rings. The lowest BCUT2D eigenvalue weighted by Crippen LogP contribution is -2.21. The zero-order valence-corrected chi connectivity index (χ0v) is 14.0. The topological polar surface area (TPSA) is 38.3 Å². The second-order valence-electron chi connectivity index (χ2n) is 3.74. The van der Waals surface area contributed by atoms with Gasteiger partial charge in [0.25, 0.3) is 0 Å². The van der Waals surface area contributed by atoms with Crippen molar-refractivity contribution >= 4 is 54.9 Å². The number of hydrogen-bond acceptors (Lipinski definition) is 4. The molecule has 1 aromatic heterocycles. The Bertz CT molecular complexity index is 568. The maximum atomic E-state index is 11.9. The van der Waals surface area contributed by atoms with Gasteiger partial charge in [0, 0.05) is 14.6 Å². The SMILES string of the molecule is COC(=O)C(Nc1ccc(Br)cc1)c1sccc1Br. The second-order valence-corrected chi connectivity index (χ2v) is 6.46. The van der Waals surface area contributed by atoms with Gasteiger partial charge in [-0.25, -0.2) is 4.79 Å². The number of methoxy groups -OCH3 is 1.